The van der Waals surface area contributed by atoms with E-state index in [2.05, 4.69) is 53.6 Å². The molecule has 1 atom stereocenters. The molecule has 0 aliphatic carbocycles. The predicted molar refractivity (Wildman–Crippen MR) is 75.8 cm³/mol. The van der Waals surface area contributed by atoms with Crippen LogP contribution in [0.4, 0.5) is 5.95 Å². The maximum Gasteiger partial charge on any atom is 0.203 e. The molecule has 1 N–H and O–H groups in total. The molecule has 1 aromatic rings. The van der Waals surface area contributed by atoms with Gasteiger partial charge in [-0.1, -0.05) is 6.42 Å². The molecule has 2 heterocycles. The van der Waals surface area contributed by atoms with E-state index in [1.807, 2.05) is 0 Å². The second-order valence-corrected chi connectivity index (χ2v) is 6.55. The molecule has 3 nitrogen and oxygen atoms in total. The fraction of sp³-hybridized carbons (Fsp3) is 0.769. The maximum absolute atomic E-state index is 4.56. The number of hydrogen-bond donors (Lipinski definition) is 1. The second-order valence-electron chi connectivity index (χ2n) is 5.15. The molecule has 2 rings (SSSR count). The number of nitrogens with one attached hydrogen (secondary N) is 1. The summed E-state index contributed by atoms with van der Waals surface area (Å²) < 4.78 is 2.29. The van der Waals surface area contributed by atoms with Crippen molar-refractivity contribution >= 4 is 17.7 Å². The molecule has 1 fully saturated rings. The lowest BCUT2D eigenvalue weighted by Gasteiger charge is -2.22. The Hall–Kier alpha value is -0.640. The van der Waals surface area contributed by atoms with Crippen LogP contribution >= 0.6 is 11.8 Å². The molecule has 17 heavy (non-hydrogen) atoms. The van der Waals surface area contributed by atoms with Crippen LogP contribution in [-0.4, -0.2) is 26.6 Å². The van der Waals surface area contributed by atoms with Gasteiger partial charge in [0.1, 0.15) is 0 Å². The summed E-state index contributed by atoms with van der Waals surface area (Å²) in [5, 5.41) is 4.19. The van der Waals surface area contributed by atoms with Gasteiger partial charge in [-0.2, -0.15) is 11.8 Å². The molecule has 1 unspecified atom stereocenters. The van der Waals surface area contributed by atoms with Gasteiger partial charge in [-0.15, -0.1) is 0 Å². The van der Waals surface area contributed by atoms with Crippen molar-refractivity contribution in [3.05, 3.63) is 11.9 Å². The van der Waals surface area contributed by atoms with E-state index >= 15 is 0 Å². The zero-order valence-electron chi connectivity index (χ0n) is 11.1. The molecule has 1 aliphatic rings. The van der Waals surface area contributed by atoms with Crippen LogP contribution in [0.5, 0.6) is 0 Å². The number of hydrogen-bond acceptors (Lipinski definition) is 3. The highest BCUT2D eigenvalue weighted by atomic mass is 32.2. The molecule has 1 saturated heterocycles. The molecule has 0 aromatic carbocycles. The summed E-state index contributed by atoms with van der Waals surface area (Å²) in [6.07, 6.45) is 6.29. The Bertz CT molecular complexity index is 354. The third-order valence-corrected chi connectivity index (χ3v) is 4.37. The highest BCUT2D eigenvalue weighted by molar-refractivity contribution is 7.99. The average Bonchev–Trinajstić information content (AvgIpc) is 2.59. The van der Waals surface area contributed by atoms with Crippen molar-refractivity contribution in [1.82, 2.24) is 9.55 Å². The Morgan fingerprint density at radius 3 is 3.00 bits per heavy atom. The molecule has 1 aliphatic heterocycles. The van der Waals surface area contributed by atoms with Gasteiger partial charge in [0.25, 0.3) is 0 Å². The number of aromatic nitrogens is 2. The van der Waals surface area contributed by atoms with Crippen LogP contribution in [0.15, 0.2) is 6.20 Å². The van der Waals surface area contributed by atoms with Crippen LogP contribution < -0.4 is 5.32 Å². The number of rotatable bonds is 4. The fourth-order valence-electron chi connectivity index (χ4n) is 2.23. The monoisotopic (exact) mass is 253 g/mol. The number of anilines is 1. The van der Waals surface area contributed by atoms with Crippen LogP contribution in [0.1, 0.15) is 38.8 Å². The Kier molecular flexibility index (Phi) is 4.37. The molecule has 1 aromatic heterocycles. The molecule has 0 amide bonds. The number of imidazole rings is 1. The predicted octanol–water partition coefficient (Wildman–Crippen LogP) is 3.30. The van der Waals surface area contributed by atoms with Crippen molar-refractivity contribution in [2.24, 2.45) is 0 Å². The standard InChI is InChI=1S/C13H23N3S/c1-10(2)14-13-15-11(3)8-16(13)9-12-6-4-5-7-17-12/h8,10,12H,4-7,9H2,1-3H3,(H,14,15). The van der Waals surface area contributed by atoms with Gasteiger partial charge >= 0.3 is 0 Å². The molecule has 0 radical (unpaired) electrons. The normalized spacial score (nSPS) is 20.8. The zero-order valence-corrected chi connectivity index (χ0v) is 11.9. The van der Waals surface area contributed by atoms with Gasteiger partial charge in [0.05, 0.1) is 5.69 Å². The van der Waals surface area contributed by atoms with Crippen molar-refractivity contribution < 1.29 is 0 Å². The molecular formula is C13H23N3S. The highest BCUT2D eigenvalue weighted by Crippen LogP contribution is 2.27. The molecular weight excluding hydrogens is 230 g/mol. The van der Waals surface area contributed by atoms with Crippen LogP contribution in [0, 0.1) is 6.92 Å². The van der Waals surface area contributed by atoms with Gasteiger partial charge < -0.3 is 9.88 Å². The number of thioether (sulfide) groups is 1. The Morgan fingerprint density at radius 2 is 2.35 bits per heavy atom. The van der Waals surface area contributed by atoms with Gasteiger partial charge in [-0.05, 0) is 39.4 Å². The first kappa shape index (κ1) is 12.8. The fourth-order valence-corrected chi connectivity index (χ4v) is 3.53. The van der Waals surface area contributed by atoms with Crippen LogP contribution in [0.3, 0.4) is 0 Å². The largest absolute Gasteiger partial charge is 0.353 e. The van der Waals surface area contributed by atoms with E-state index in [1.165, 1.54) is 25.0 Å². The summed E-state index contributed by atoms with van der Waals surface area (Å²) in [5.41, 5.74) is 1.11. The van der Waals surface area contributed by atoms with Gasteiger partial charge in [0.15, 0.2) is 0 Å². The minimum Gasteiger partial charge on any atom is -0.353 e. The first-order valence-corrected chi connectivity index (χ1v) is 7.62. The summed E-state index contributed by atoms with van der Waals surface area (Å²) >= 11 is 2.12. The van der Waals surface area contributed by atoms with Crippen LogP contribution in [0.2, 0.25) is 0 Å². The smallest absolute Gasteiger partial charge is 0.203 e. The molecule has 96 valence electrons. The van der Waals surface area contributed by atoms with E-state index in [4.69, 9.17) is 0 Å². The Morgan fingerprint density at radius 1 is 1.53 bits per heavy atom. The van der Waals surface area contributed by atoms with E-state index in [1.54, 1.807) is 0 Å². The summed E-state index contributed by atoms with van der Waals surface area (Å²) in [4.78, 5) is 4.56. The van der Waals surface area contributed by atoms with E-state index in [9.17, 15) is 0 Å². The van der Waals surface area contributed by atoms with Gasteiger partial charge in [-0.25, -0.2) is 4.98 Å². The lowest BCUT2D eigenvalue weighted by Crippen LogP contribution is -2.20. The number of nitrogens with zero attached hydrogens (tertiary/aromatic N) is 2. The Balaban J connectivity index is 2.02. The summed E-state index contributed by atoms with van der Waals surface area (Å²) in [6.45, 7) is 7.48. The minimum atomic E-state index is 0.439. The van der Waals surface area contributed by atoms with Crippen molar-refractivity contribution in [1.29, 1.82) is 0 Å². The molecule has 0 saturated carbocycles. The lowest BCUT2D eigenvalue weighted by atomic mass is 10.2. The third kappa shape index (κ3) is 3.66. The van der Waals surface area contributed by atoms with Crippen molar-refractivity contribution in [2.75, 3.05) is 11.1 Å². The maximum atomic E-state index is 4.56. The lowest BCUT2D eigenvalue weighted by molar-refractivity contribution is 0.584. The third-order valence-electron chi connectivity index (χ3n) is 2.99. The van der Waals surface area contributed by atoms with Gasteiger partial charge in [0.2, 0.25) is 5.95 Å². The van der Waals surface area contributed by atoms with E-state index in [-0.39, 0.29) is 0 Å². The summed E-state index contributed by atoms with van der Waals surface area (Å²) in [5.74, 6) is 2.36. The van der Waals surface area contributed by atoms with E-state index < -0.39 is 0 Å². The molecule has 4 heteroatoms. The zero-order chi connectivity index (χ0) is 12.3. The topological polar surface area (TPSA) is 29.9 Å². The van der Waals surface area contributed by atoms with Crippen LogP contribution in [0.25, 0.3) is 0 Å². The van der Waals surface area contributed by atoms with Crippen molar-refractivity contribution in [3.63, 3.8) is 0 Å². The summed E-state index contributed by atoms with van der Waals surface area (Å²) in [7, 11) is 0. The minimum absolute atomic E-state index is 0.439. The van der Waals surface area contributed by atoms with E-state index in [0.717, 1.165) is 23.4 Å². The molecule has 0 bridgehead atoms. The highest BCUT2D eigenvalue weighted by Gasteiger charge is 2.16. The quantitative estimate of drug-likeness (QED) is 0.893. The average molecular weight is 253 g/mol. The van der Waals surface area contributed by atoms with E-state index in [0.29, 0.717) is 6.04 Å². The SMILES string of the molecule is Cc1cn(CC2CCCCS2)c(NC(C)C)n1. The number of aryl methyl sites for hydroxylation is 1. The Labute approximate surface area is 108 Å². The first-order chi connectivity index (χ1) is 8.15. The first-order valence-electron chi connectivity index (χ1n) is 6.57. The summed E-state index contributed by atoms with van der Waals surface area (Å²) in [6, 6.07) is 0.439. The van der Waals surface area contributed by atoms with Gasteiger partial charge in [-0.3, -0.25) is 0 Å². The molecule has 0 spiro atoms. The van der Waals surface area contributed by atoms with Crippen molar-refractivity contribution in [2.45, 2.75) is 57.9 Å². The van der Waals surface area contributed by atoms with Crippen LogP contribution in [-0.2, 0) is 6.54 Å². The van der Waals surface area contributed by atoms with Crippen molar-refractivity contribution in [3.8, 4) is 0 Å². The second kappa shape index (κ2) is 5.80. The van der Waals surface area contributed by atoms with Gasteiger partial charge in [0, 0.05) is 24.0 Å².